The minimum Gasteiger partial charge on any atom is -0.464 e. The van der Waals surface area contributed by atoms with Gasteiger partial charge in [0.05, 0.1) is 13.7 Å². The summed E-state index contributed by atoms with van der Waals surface area (Å²) in [6.45, 7) is 0.636. The van der Waals surface area contributed by atoms with E-state index >= 15 is 0 Å². The summed E-state index contributed by atoms with van der Waals surface area (Å²) in [5.41, 5.74) is 2.46. The van der Waals surface area contributed by atoms with Gasteiger partial charge in [-0.15, -0.1) is 0 Å². The number of H-pyrrole nitrogens is 1. The van der Waals surface area contributed by atoms with Crippen molar-refractivity contribution in [1.82, 2.24) is 4.98 Å². The number of hydrogen-bond donors (Lipinski definition) is 2. The predicted molar refractivity (Wildman–Crippen MR) is 78.6 cm³/mol. The smallest absolute Gasteiger partial charge is 0.354 e. The van der Waals surface area contributed by atoms with Crippen LogP contribution in [-0.4, -0.2) is 18.1 Å². The van der Waals surface area contributed by atoms with Crippen LogP contribution in [0.1, 0.15) is 16.2 Å². The largest absolute Gasteiger partial charge is 0.464 e. The molecule has 2 rings (SSSR count). The minimum atomic E-state index is -0.351. The number of benzene rings is 1. The molecule has 5 heteroatoms. The van der Waals surface area contributed by atoms with Crippen molar-refractivity contribution in [2.45, 2.75) is 6.54 Å². The summed E-state index contributed by atoms with van der Waals surface area (Å²) in [7, 11) is 1.37. The summed E-state index contributed by atoms with van der Waals surface area (Å²) >= 11 is 2.27. The molecule has 0 radical (unpaired) electrons. The molecule has 2 N–H and O–H groups in total. The van der Waals surface area contributed by atoms with Gasteiger partial charge in [-0.2, -0.15) is 0 Å². The molecule has 0 aliphatic carbocycles. The van der Waals surface area contributed by atoms with Crippen LogP contribution < -0.4 is 5.32 Å². The number of aromatic nitrogens is 1. The highest BCUT2D eigenvalue weighted by Crippen LogP contribution is 2.13. The first-order chi connectivity index (χ1) is 8.69. The predicted octanol–water partition coefficient (Wildman–Crippen LogP) is 3.02. The zero-order chi connectivity index (χ0) is 13.0. The Morgan fingerprint density at radius 1 is 1.39 bits per heavy atom. The molecule has 0 fully saturated rings. The highest BCUT2D eigenvalue weighted by molar-refractivity contribution is 14.1. The van der Waals surface area contributed by atoms with Crippen LogP contribution in [0.4, 0.5) is 5.69 Å². The first kappa shape index (κ1) is 12.9. The van der Waals surface area contributed by atoms with Crippen LogP contribution in [0.25, 0.3) is 0 Å². The van der Waals surface area contributed by atoms with Crippen LogP contribution in [0.2, 0.25) is 0 Å². The Hall–Kier alpha value is -1.50. The van der Waals surface area contributed by atoms with E-state index in [-0.39, 0.29) is 5.97 Å². The second-order valence-electron chi connectivity index (χ2n) is 3.75. The van der Waals surface area contributed by atoms with Crippen LogP contribution >= 0.6 is 22.6 Å². The topological polar surface area (TPSA) is 54.1 Å². The Morgan fingerprint density at radius 2 is 2.22 bits per heavy atom. The minimum absolute atomic E-state index is 0.351. The molecule has 1 heterocycles. The quantitative estimate of drug-likeness (QED) is 0.654. The van der Waals surface area contributed by atoms with Crippen molar-refractivity contribution in [2.75, 3.05) is 12.4 Å². The summed E-state index contributed by atoms with van der Waals surface area (Å²) in [5, 5.41) is 3.28. The number of anilines is 1. The zero-order valence-electron chi connectivity index (χ0n) is 9.87. The number of aromatic amines is 1. The van der Waals surface area contributed by atoms with E-state index in [0.29, 0.717) is 12.2 Å². The fraction of sp³-hybridized carbons (Fsp3) is 0.154. The molecular weight excluding hydrogens is 343 g/mol. The van der Waals surface area contributed by atoms with E-state index in [1.54, 1.807) is 6.07 Å². The molecule has 0 bridgehead atoms. The average Bonchev–Trinajstić information content (AvgIpc) is 2.84. The van der Waals surface area contributed by atoms with Crippen molar-refractivity contribution in [2.24, 2.45) is 0 Å². The van der Waals surface area contributed by atoms with E-state index in [0.717, 1.165) is 11.4 Å². The molecule has 0 spiro atoms. The third kappa shape index (κ3) is 3.25. The van der Waals surface area contributed by atoms with E-state index < -0.39 is 0 Å². The van der Waals surface area contributed by atoms with Gasteiger partial charge in [0.1, 0.15) is 5.69 Å². The van der Waals surface area contributed by atoms with E-state index in [1.807, 2.05) is 24.3 Å². The highest BCUT2D eigenvalue weighted by atomic mass is 127. The van der Waals surface area contributed by atoms with Crippen molar-refractivity contribution in [3.63, 3.8) is 0 Å². The van der Waals surface area contributed by atoms with Crippen LogP contribution in [0.5, 0.6) is 0 Å². The average molecular weight is 356 g/mol. The Morgan fingerprint density at radius 3 is 2.94 bits per heavy atom. The van der Waals surface area contributed by atoms with Crippen LogP contribution in [0.3, 0.4) is 0 Å². The summed E-state index contributed by atoms with van der Waals surface area (Å²) in [5.74, 6) is -0.351. The number of carbonyl (C=O) groups is 1. The van der Waals surface area contributed by atoms with Crippen molar-refractivity contribution in [1.29, 1.82) is 0 Å². The van der Waals surface area contributed by atoms with Crippen LogP contribution in [-0.2, 0) is 11.3 Å². The fourth-order valence-corrected chi connectivity index (χ4v) is 2.11. The van der Waals surface area contributed by atoms with Crippen molar-refractivity contribution < 1.29 is 9.53 Å². The van der Waals surface area contributed by atoms with Gasteiger partial charge in [0, 0.05) is 15.0 Å². The van der Waals surface area contributed by atoms with Gasteiger partial charge in [0.2, 0.25) is 0 Å². The normalized spacial score (nSPS) is 10.1. The van der Waals surface area contributed by atoms with Gasteiger partial charge in [0.15, 0.2) is 0 Å². The van der Waals surface area contributed by atoms with Gasteiger partial charge in [-0.1, -0.05) is 6.07 Å². The summed E-state index contributed by atoms with van der Waals surface area (Å²) in [6.07, 6.45) is 0. The Kier molecular flexibility index (Phi) is 4.24. The van der Waals surface area contributed by atoms with Crippen molar-refractivity contribution in [3.8, 4) is 0 Å². The van der Waals surface area contributed by atoms with E-state index in [9.17, 15) is 4.79 Å². The van der Waals surface area contributed by atoms with Gasteiger partial charge in [-0.05, 0) is 52.9 Å². The molecule has 0 aliphatic rings. The molecular formula is C13H13IN2O2. The number of ether oxygens (including phenoxy) is 1. The monoisotopic (exact) mass is 356 g/mol. The van der Waals surface area contributed by atoms with Crippen molar-refractivity contribution in [3.05, 3.63) is 51.4 Å². The number of nitrogens with one attached hydrogen (secondary N) is 2. The molecule has 0 saturated heterocycles. The number of hydrogen-bond acceptors (Lipinski definition) is 3. The number of methoxy groups -OCH3 is 1. The standard InChI is InChI=1S/C13H13IN2O2/c1-18-13(17)12-6-5-11(16-12)8-15-10-4-2-3-9(14)7-10/h2-7,15-16H,8H2,1H3. The molecule has 1 aromatic carbocycles. The number of esters is 1. The molecule has 94 valence electrons. The molecule has 1 aromatic heterocycles. The lowest BCUT2D eigenvalue weighted by atomic mass is 10.3. The Labute approximate surface area is 119 Å². The van der Waals surface area contributed by atoms with Gasteiger partial charge in [-0.3, -0.25) is 0 Å². The second-order valence-corrected chi connectivity index (χ2v) is 5.00. The number of carbonyl (C=O) groups excluding carboxylic acids is 1. The molecule has 0 amide bonds. The molecule has 0 unspecified atom stereocenters. The van der Waals surface area contributed by atoms with Gasteiger partial charge < -0.3 is 15.0 Å². The molecule has 4 nitrogen and oxygen atoms in total. The Balaban J connectivity index is 1.98. The number of rotatable bonds is 4. The van der Waals surface area contributed by atoms with Gasteiger partial charge in [-0.25, -0.2) is 4.79 Å². The number of halogens is 1. The maximum Gasteiger partial charge on any atom is 0.354 e. The maximum absolute atomic E-state index is 11.3. The van der Waals surface area contributed by atoms with Crippen LogP contribution in [0, 0.1) is 3.57 Å². The first-order valence-corrected chi connectivity index (χ1v) is 6.52. The van der Waals surface area contributed by atoms with Crippen molar-refractivity contribution >= 4 is 34.2 Å². The summed E-state index contributed by atoms with van der Waals surface area (Å²) < 4.78 is 5.82. The van der Waals surface area contributed by atoms with E-state index in [2.05, 4.69) is 43.7 Å². The molecule has 2 aromatic rings. The first-order valence-electron chi connectivity index (χ1n) is 5.44. The molecule has 0 saturated carbocycles. The fourth-order valence-electron chi connectivity index (χ4n) is 1.57. The highest BCUT2D eigenvalue weighted by Gasteiger charge is 2.07. The summed E-state index contributed by atoms with van der Waals surface area (Å²) in [6, 6.07) is 11.7. The van der Waals surface area contributed by atoms with Gasteiger partial charge >= 0.3 is 5.97 Å². The summed E-state index contributed by atoms with van der Waals surface area (Å²) in [4.78, 5) is 14.3. The molecule has 0 aliphatic heterocycles. The van der Waals surface area contributed by atoms with Gasteiger partial charge in [0.25, 0.3) is 0 Å². The molecule has 18 heavy (non-hydrogen) atoms. The SMILES string of the molecule is COC(=O)c1ccc(CNc2cccc(I)c2)[nH]1. The maximum atomic E-state index is 11.3. The van der Waals surface area contributed by atoms with E-state index in [1.165, 1.54) is 10.7 Å². The van der Waals surface area contributed by atoms with E-state index in [4.69, 9.17) is 0 Å². The zero-order valence-corrected chi connectivity index (χ0v) is 12.0. The third-order valence-corrected chi connectivity index (χ3v) is 3.13. The lowest BCUT2D eigenvalue weighted by molar-refractivity contribution is 0.0594. The Bertz CT molecular complexity index is 551. The lowest BCUT2D eigenvalue weighted by Crippen LogP contribution is -2.03. The van der Waals surface area contributed by atoms with Crippen LogP contribution in [0.15, 0.2) is 36.4 Å². The lowest BCUT2D eigenvalue weighted by Gasteiger charge is -2.05. The third-order valence-electron chi connectivity index (χ3n) is 2.46. The molecule has 0 atom stereocenters. The second kappa shape index (κ2) is 5.90.